The number of thiol groups is 1. The molecule has 0 aliphatic carbocycles. The van der Waals surface area contributed by atoms with Gasteiger partial charge >= 0.3 is 0 Å². The predicted octanol–water partition coefficient (Wildman–Crippen LogP) is 1.37. The van der Waals surface area contributed by atoms with Crippen LogP contribution in [-0.4, -0.2) is 112 Å². The van der Waals surface area contributed by atoms with Gasteiger partial charge < -0.3 is 24.8 Å². The van der Waals surface area contributed by atoms with Crippen molar-refractivity contribution in [2.45, 2.75) is 40.9 Å². The second-order valence-electron chi connectivity index (χ2n) is 10.1. The third-order valence-electron chi connectivity index (χ3n) is 7.82. The number of aliphatic hydroxyl groups is 3. The minimum Gasteiger partial charge on any atom is -0.395 e. The van der Waals surface area contributed by atoms with Gasteiger partial charge in [-0.15, -0.1) is 21.5 Å². The Morgan fingerprint density at radius 2 is 1.76 bits per heavy atom. The second-order valence-corrected chi connectivity index (χ2v) is 13.7. The number of rotatable bonds is 7. The fourth-order valence-corrected chi connectivity index (χ4v) is 9.73. The highest BCUT2D eigenvalue weighted by Crippen LogP contribution is 2.51. The summed E-state index contributed by atoms with van der Waals surface area (Å²) in [5, 5.41) is 51.3. The third-order valence-corrected chi connectivity index (χ3v) is 12.0. The number of halogens is 3. The normalized spacial score (nSPS) is 30.9. The second kappa shape index (κ2) is 12.0. The molecular weight excluding hydrogens is 599 g/mol. The molecule has 2 aliphatic heterocycles. The summed E-state index contributed by atoms with van der Waals surface area (Å²) < 4.78 is 55.6. The Balaban J connectivity index is 1.24. The van der Waals surface area contributed by atoms with Crippen LogP contribution in [-0.2, 0) is 9.47 Å². The standard InChI is InChI=1S/C25H28F3N7O5S2/c1-39-18-11-42(20-10-40-9-17(23(20)37)34-7-16(31-32-34)25-29-2-3-41-25)19(8-36)24(38)22(18)35-6-15(30-33-35)12-4-13(26)21(28)14(27)5-12/h2-7,17-20,22-24,36-38,42H,8-11H2,1H3/t17-,18-,19+,20+,22+,23+,24-/m0/s1. The van der Waals surface area contributed by atoms with Crippen LogP contribution in [0, 0.1) is 17.5 Å². The lowest BCUT2D eigenvalue weighted by Crippen LogP contribution is -2.55. The zero-order valence-corrected chi connectivity index (χ0v) is 23.8. The highest BCUT2D eigenvalue weighted by molar-refractivity contribution is 8.18. The minimum atomic E-state index is -1.59. The van der Waals surface area contributed by atoms with E-state index in [1.807, 2.05) is 5.38 Å². The summed E-state index contributed by atoms with van der Waals surface area (Å²) in [5.41, 5.74) is 0.608. The van der Waals surface area contributed by atoms with E-state index in [9.17, 15) is 28.5 Å². The molecule has 1 aromatic carbocycles. The number of thiazole rings is 1. The molecule has 8 atom stereocenters. The first kappa shape index (κ1) is 29.2. The SMILES string of the molecule is CO[C@H]1C[SH]([C@@H]2COC[C@H](n3cc(-c4nccs4)nn3)[C@H]2O)[C@H](CO)[C@H](O)[C@@H]1n1cc(-c2cc(F)c(F)c(F)c2)nn1. The van der Waals surface area contributed by atoms with E-state index >= 15 is 0 Å². The van der Waals surface area contributed by atoms with E-state index < -0.39 is 69.2 Å². The van der Waals surface area contributed by atoms with Crippen molar-refractivity contribution in [2.24, 2.45) is 0 Å². The van der Waals surface area contributed by atoms with E-state index in [0.29, 0.717) is 16.5 Å². The van der Waals surface area contributed by atoms with Gasteiger partial charge in [-0.3, -0.25) is 0 Å². The summed E-state index contributed by atoms with van der Waals surface area (Å²) in [5.74, 6) is -3.94. The zero-order valence-electron chi connectivity index (χ0n) is 22.1. The van der Waals surface area contributed by atoms with Crippen LogP contribution in [0.25, 0.3) is 22.0 Å². The van der Waals surface area contributed by atoms with Gasteiger partial charge in [-0.05, 0) is 12.1 Å². The van der Waals surface area contributed by atoms with E-state index in [1.54, 1.807) is 17.1 Å². The molecule has 0 radical (unpaired) electrons. The lowest BCUT2D eigenvalue weighted by molar-refractivity contribution is -0.0339. The number of hydrogen-bond donors (Lipinski definition) is 4. The molecule has 2 saturated heterocycles. The summed E-state index contributed by atoms with van der Waals surface area (Å²) in [4.78, 5) is 4.24. The van der Waals surface area contributed by atoms with Crippen LogP contribution in [0.2, 0.25) is 0 Å². The Hall–Kier alpha value is -2.93. The molecule has 12 nitrogen and oxygen atoms in total. The highest BCUT2D eigenvalue weighted by atomic mass is 32.2. The highest BCUT2D eigenvalue weighted by Gasteiger charge is 2.49. The van der Waals surface area contributed by atoms with Crippen molar-refractivity contribution >= 4 is 22.2 Å². The molecule has 2 aliphatic rings. The van der Waals surface area contributed by atoms with Crippen LogP contribution in [0.3, 0.4) is 0 Å². The van der Waals surface area contributed by atoms with E-state index in [1.165, 1.54) is 29.3 Å². The summed E-state index contributed by atoms with van der Waals surface area (Å²) in [7, 11) is 0.214. The van der Waals surface area contributed by atoms with Crippen molar-refractivity contribution in [3.8, 4) is 22.0 Å². The number of methoxy groups -OCH3 is 1. The maximum Gasteiger partial charge on any atom is 0.194 e. The van der Waals surface area contributed by atoms with Crippen LogP contribution in [0.5, 0.6) is 0 Å². The Morgan fingerprint density at radius 1 is 1.05 bits per heavy atom. The van der Waals surface area contributed by atoms with Crippen LogP contribution >= 0.6 is 22.2 Å². The summed E-state index contributed by atoms with van der Waals surface area (Å²) in [6.45, 7) is 0.0501. The molecule has 1 unspecified atom stereocenters. The van der Waals surface area contributed by atoms with E-state index in [4.69, 9.17) is 9.47 Å². The summed E-state index contributed by atoms with van der Waals surface area (Å²) in [6, 6.07) is 0.264. The van der Waals surface area contributed by atoms with E-state index in [0.717, 1.165) is 12.1 Å². The third kappa shape index (κ3) is 5.23. The fraction of sp³-hybridized carbons (Fsp3) is 0.480. The van der Waals surface area contributed by atoms with Crippen LogP contribution in [0.15, 0.2) is 36.1 Å². The molecule has 17 heteroatoms. The minimum absolute atomic E-state index is 0.0301. The van der Waals surface area contributed by atoms with Gasteiger partial charge in [-0.1, -0.05) is 10.4 Å². The quantitative estimate of drug-likeness (QED) is 0.175. The van der Waals surface area contributed by atoms with Gasteiger partial charge in [-0.25, -0.2) is 38.4 Å². The van der Waals surface area contributed by atoms with Gasteiger partial charge in [0.25, 0.3) is 0 Å². The summed E-state index contributed by atoms with van der Waals surface area (Å²) >= 11 is 1.42. The maximum absolute atomic E-state index is 13.8. The number of aromatic nitrogens is 7. The fourth-order valence-electron chi connectivity index (χ4n) is 5.66. The summed E-state index contributed by atoms with van der Waals surface area (Å²) in [6.07, 6.45) is 2.06. The number of benzene rings is 1. The number of aliphatic hydroxyl groups excluding tert-OH is 3. The van der Waals surface area contributed by atoms with Crippen molar-refractivity contribution in [1.82, 2.24) is 35.0 Å². The largest absolute Gasteiger partial charge is 0.395 e. The molecular formula is C25H28F3N7O5S2. The molecule has 42 heavy (non-hydrogen) atoms. The molecule has 226 valence electrons. The van der Waals surface area contributed by atoms with Gasteiger partial charge in [-0.2, -0.15) is 0 Å². The first-order valence-electron chi connectivity index (χ1n) is 13.0. The van der Waals surface area contributed by atoms with Crippen molar-refractivity contribution < 1.29 is 38.0 Å². The first-order valence-corrected chi connectivity index (χ1v) is 15.6. The van der Waals surface area contributed by atoms with E-state index in [-0.39, 0.29) is 31.1 Å². The van der Waals surface area contributed by atoms with Gasteiger partial charge in [0, 0.05) is 40.5 Å². The van der Waals surface area contributed by atoms with Gasteiger partial charge in [0.2, 0.25) is 0 Å². The molecule has 5 heterocycles. The van der Waals surface area contributed by atoms with Crippen molar-refractivity contribution in [1.29, 1.82) is 0 Å². The smallest absolute Gasteiger partial charge is 0.194 e. The molecule has 2 fully saturated rings. The zero-order chi connectivity index (χ0) is 29.5. The maximum atomic E-state index is 13.8. The molecule has 0 bridgehead atoms. The lowest BCUT2D eigenvalue weighted by atomic mass is 10.0. The van der Waals surface area contributed by atoms with Gasteiger partial charge in [0.1, 0.15) is 28.5 Å². The molecule has 0 amide bonds. The Bertz CT molecular complexity index is 1500. The molecule has 4 aromatic rings. The average molecular weight is 628 g/mol. The predicted molar refractivity (Wildman–Crippen MR) is 147 cm³/mol. The topological polar surface area (TPSA) is 153 Å². The number of ether oxygens (including phenoxy) is 2. The van der Waals surface area contributed by atoms with Crippen LogP contribution < -0.4 is 0 Å². The average Bonchev–Trinajstić information content (AvgIpc) is 3.77. The monoisotopic (exact) mass is 627 g/mol. The van der Waals surface area contributed by atoms with E-state index in [2.05, 4.69) is 25.6 Å². The first-order chi connectivity index (χ1) is 20.3. The Labute approximate surface area is 244 Å². The van der Waals surface area contributed by atoms with Gasteiger partial charge in [0.05, 0.1) is 50.5 Å². The van der Waals surface area contributed by atoms with Crippen molar-refractivity contribution in [3.05, 3.63) is 53.6 Å². The Morgan fingerprint density at radius 3 is 2.45 bits per heavy atom. The van der Waals surface area contributed by atoms with Crippen molar-refractivity contribution in [3.63, 3.8) is 0 Å². The molecule has 3 aromatic heterocycles. The van der Waals surface area contributed by atoms with Crippen molar-refractivity contribution in [2.75, 3.05) is 32.7 Å². The molecule has 0 saturated carbocycles. The number of hydrogen-bond acceptors (Lipinski definition) is 11. The molecule has 0 spiro atoms. The molecule has 3 N–H and O–H groups in total. The molecule has 6 rings (SSSR count). The Kier molecular flexibility index (Phi) is 8.32. The van der Waals surface area contributed by atoms with Crippen LogP contribution in [0.1, 0.15) is 12.1 Å². The van der Waals surface area contributed by atoms with Crippen LogP contribution in [0.4, 0.5) is 13.2 Å². The van der Waals surface area contributed by atoms with Gasteiger partial charge in [0.15, 0.2) is 17.5 Å². The number of nitrogens with zero attached hydrogens (tertiary/aromatic N) is 7. The lowest BCUT2D eigenvalue weighted by Gasteiger charge is -2.51.